The van der Waals surface area contributed by atoms with Gasteiger partial charge in [0.2, 0.25) is 0 Å². The summed E-state index contributed by atoms with van der Waals surface area (Å²) in [6, 6.07) is 6.25. The van der Waals surface area contributed by atoms with Gasteiger partial charge in [-0.2, -0.15) is 0 Å². The van der Waals surface area contributed by atoms with E-state index in [4.69, 9.17) is 4.74 Å². The Hall–Kier alpha value is -0.250. The fraction of sp³-hybridized carbons (Fsp3) is 0.455. The second-order valence-electron chi connectivity index (χ2n) is 4.12. The Bertz CT molecular complexity index is 299. The van der Waals surface area contributed by atoms with E-state index in [2.05, 4.69) is 68.5 Å². The van der Waals surface area contributed by atoms with Crippen molar-refractivity contribution in [1.82, 2.24) is 0 Å². The monoisotopic (exact) mass is 290 g/mol. The summed E-state index contributed by atoms with van der Waals surface area (Å²) in [6.45, 7) is 8.25. The SMILES string of the molecule is Cc1ccc(I)cc1OC(C)(C)C. The van der Waals surface area contributed by atoms with E-state index in [1.807, 2.05) is 0 Å². The van der Waals surface area contributed by atoms with Crippen LogP contribution in [0.5, 0.6) is 5.75 Å². The van der Waals surface area contributed by atoms with Crippen LogP contribution < -0.4 is 4.74 Å². The van der Waals surface area contributed by atoms with Crippen LogP contribution in [0.15, 0.2) is 18.2 Å². The van der Waals surface area contributed by atoms with E-state index in [1.54, 1.807) is 0 Å². The maximum absolute atomic E-state index is 5.81. The third kappa shape index (κ3) is 3.55. The molecular weight excluding hydrogens is 275 g/mol. The highest BCUT2D eigenvalue weighted by Crippen LogP contribution is 2.24. The van der Waals surface area contributed by atoms with Crippen molar-refractivity contribution < 1.29 is 4.74 Å². The zero-order chi connectivity index (χ0) is 10.1. The van der Waals surface area contributed by atoms with Gasteiger partial charge in [0, 0.05) is 3.57 Å². The van der Waals surface area contributed by atoms with Gasteiger partial charge in [-0.05, 0) is 68.0 Å². The Kier molecular flexibility index (Phi) is 3.22. The predicted octanol–water partition coefficient (Wildman–Crippen LogP) is 3.78. The van der Waals surface area contributed by atoms with Gasteiger partial charge in [-0.15, -0.1) is 0 Å². The molecule has 72 valence electrons. The van der Waals surface area contributed by atoms with Crippen molar-refractivity contribution in [1.29, 1.82) is 0 Å². The zero-order valence-electron chi connectivity index (χ0n) is 8.52. The molecule has 0 heterocycles. The van der Waals surface area contributed by atoms with Crippen molar-refractivity contribution in [3.63, 3.8) is 0 Å². The summed E-state index contributed by atoms with van der Waals surface area (Å²) < 4.78 is 7.02. The number of hydrogen-bond acceptors (Lipinski definition) is 1. The normalized spacial score (nSPS) is 11.5. The molecule has 0 aliphatic carbocycles. The van der Waals surface area contributed by atoms with Crippen LogP contribution >= 0.6 is 22.6 Å². The fourth-order valence-corrected chi connectivity index (χ4v) is 1.48. The maximum Gasteiger partial charge on any atom is 0.124 e. The van der Waals surface area contributed by atoms with Crippen LogP contribution in [0, 0.1) is 10.5 Å². The first-order valence-corrected chi connectivity index (χ1v) is 5.41. The fourth-order valence-electron chi connectivity index (χ4n) is 1.01. The highest BCUT2D eigenvalue weighted by Gasteiger charge is 2.13. The molecule has 0 aliphatic rings. The molecule has 1 aromatic rings. The first kappa shape index (κ1) is 10.8. The molecule has 0 saturated heterocycles. The second-order valence-corrected chi connectivity index (χ2v) is 5.37. The second kappa shape index (κ2) is 3.86. The summed E-state index contributed by atoms with van der Waals surface area (Å²) >= 11 is 2.29. The molecule has 13 heavy (non-hydrogen) atoms. The molecule has 1 aromatic carbocycles. The van der Waals surface area contributed by atoms with Gasteiger partial charge >= 0.3 is 0 Å². The van der Waals surface area contributed by atoms with Crippen molar-refractivity contribution in [3.05, 3.63) is 27.3 Å². The largest absolute Gasteiger partial charge is 0.488 e. The molecule has 1 rings (SSSR count). The molecule has 0 radical (unpaired) electrons. The molecule has 0 amide bonds. The highest BCUT2D eigenvalue weighted by molar-refractivity contribution is 14.1. The number of rotatable bonds is 1. The van der Waals surface area contributed by atoms with Gasteiger partial charge in [-0.1, -0.05) is 6.07 Å². The molecule has 0 bridgehead atoms. The molecule has 0 saturated carbocycles. The van der Waals surface area contributed by atoms with Crippen LogP contribution in [-0.4, -0.2) is 5.60 Å². The number of hydrogen-bond donors (Lipinski definition) is 0. The van der Waals surface area contributed by atoms with E-state index in [-0.39, 0.29) is 5.60 Å². The number of halogens is 1. The third-order valence-electron chi connectivity index (χ3n) is 1.57. The van der Waals surface area contributed by atoms with E-state index in [0.29, 0.717) is 0 Å². The summed E-state index contributed by atoms with van der Waals surface area (Å²) in [4.78, 5) is 0. The molecular formula is C11H15IO. The Morgan fingerprint density at radius 3 is 2.38 bits per heavy atom. The van der Waals surface area contributed by atoms with Gasteiger partial charge in [0.1, 0.15) is 11.4 Å². The van der Waals surface area contributed by atoms with Gasteiger partial charge in [0.15, 0.2) is 0 Å². The molecule has 2 heteroatoms. The van der Waals surface area contributed by atoms with Crippen LogP contribution in [-0.2, 0) is 0 Å². The van der Waals surface area contributed by atoms with Crippen molar-refractivity contribution in [3.8, 4) is 5.75 Å². The maximum atomic E-state index is 5.81. The first-order valence-electron chi connectivity index (χ1n) is 4.34. The van der Waals surface area contributed by atoms with Crippen molar-refractivity contribution in [2.45, 2.75) is 33.3 Å². The molecule has 1 nitrogen and oxygen atoms in total. The van der Waals surface area contributed by atoms with Crippen LogP contribution in [0.2, 0.25) is 0 Å². The molecule has 0 spiro atoms. The lowest BCUT2D eigenvalue weighted by molar-refractivity contribution is 0.130. The van der Waals surface area contributed by atoms with Crippen molar-refractivity contribution >= 4 is 22.6 Å². The van der Waals surface area contributed by atoms with Gasteiger partial charge < -0.3 is 4.74 Å². The number of ether oxygens (including phenoxy) is 1. The lowest BCUT2D eigenvalue weighted by atomic mass is 10.1. The lowest BCUT2D eigenvalue weighted by Gasteiger charge is -2.22. The van der Waals surface area contributed by atoms with Crippen LogP contribution in [0.3, 0.4) is 0 Å². The van der Waals surface area contributed by atoms with Crippen molar-refractivity contribution in [2.75, 3.05) is 0 Å². The quantitative estimate of drug-likeness (QED) is 0.715. The number of benzene rings is 1. The lowest BCUT2D eigenvalue weighted by Crippen LogP contribution is -2.23. The van der Waals surface area contributed by atoms with Gasteiger partial charge in [0.25, 0.3) is 0 Å². The minimum absolute atomic E-state index is 0.116. The van der Waals surface area contributed by atoms with Crippen LogP contribution in [0.4, 0.5) is 0 Å². The van der Waals surface area contributed by atoms with Gasteiger partial charge in [-0.25, -0.2) is 0 Å². The average molecular weight is 290 g/mol. The Labute approximate surface area is 93.6 Å². The summed E-state index contributed by atoms with van der Waals surface area (Å²) in [5, 5.41) is 0. The minimum atomic E-state index is -0.116. The Morgan fingerprint density at radius 1 is 1.23 bits per heavy atom. The molecule has 0 N–H and O–H groups in total. The molecule has 0 aliphatic heterocycles. The van der Waals surface area contributed by atoms with Crippen LogP contribution in [0.25, 0.3) is 0 Å². The summed E-state index contributed by atoms with van der Waals surface area (Å²) in [7, 11) is 0. The molecule has 0 aromatic heterocycles. The van der Waals surface area contributed by atoms with E-state index in [9.17, 15) is 0 Å². The summed E-state index contributed by atoms with van der Waals surface area (Å²) in [6.07, 6.45) is 0. The predicted molar refractivity (Wildman–Crippen MR) is 64.3 cm³/mol. The summed E-state index contributed by atoms with van der Waals surface area (Å²) in [5.74, 6) is 0.986. The zero-order valence-corrected chi connectivity index (χ0v) is 10.7. The molecule has 0 unspecified atom stereocenters. The first-order chi connectivity index (χ1) is 5.88. The summed E-state index contributed by atoms with van der Waals surface area (Å²) in [5.41, 5.74) is 1.07. The van der Waals surface area contributed by atoms with E-state index >= 15 is 0 Å². The van der Waals surface area contributed by atoms with Crippen molar-refractivity contribution in [2.24, 2.45) is 0 Å². The van der Waals surface area contributed by atoms with Gasteiger partial charge in [-0.3, -0.25) is 0 Å². The minimum Gasteiger partial charge on any atom is -0.488 e. The van der Waals surface area contributed by atoms with Crippen LogP contribution in [0.1, 0.15) is 26.3 Å². The Balaban J connectivity index is 2.94. The standard InChI is InChI=1S/C11H15IO/c1-8-5-6-9(12)7-10(8)13-11(2,3)4/h5-7H,1-4H3. The van der Waals surface area contributed by atoms with E-state index in [1.165, 1.54) is 9.13 Å². The van der Waals surface area contributed by atoms with E-state index in [0.717, 1.165) is 5.75 Å². The Morgan fingerprint density at radius 2 is 1.85 bits per heavy atom. The third-order valence-corrected chi connectivity index (χ3v) is 2.24. The molecule has 0 fully saturated rings. The number of aryl methyl sites for hydroxylation is 1. The topological polar surface area (TPSA) is 9.23 Å². The smallest absolute Gasteiger partial charge is 0.124 e. The molecule has 0 atom stereocenters. The average Bonchev–Trinajstić information content (AvgIpc) is 1.94. The van der Waals surface area contributed by atoms with Gasteiger partial charge in [0.05, 0.1) is 0 Å². The highest BCUT2D eigenvalue weighted by atomic mass is 127. The van der Waals surface area contributed by atoms with E-state index < -0.39 is 0 Å².